The molecule has 5 rings (SSSR count). The summed E-state index contributed by atoms with van der Waals surface area (Å²) >= 11 is 1.19. The van der Waals surface area contributed by atoms with Crippen LogP contribution in [-0.4, -0.2) is 47.7 Å². The number of rotatable bonds is 4. The van der Waals surface area contributed by atoms with Gasteiger partial charge in [0, 0.05) is 31.7 Å². The highest BCUT2D eigenvalue weighted by molar-refractivity contribution is 7.26. The molecule has 0 amide bonds. The minimum atomic E-state index is -4.56. The standard InChI is InChI=1S/C22H20F3N5OS/c1-2-31-21-28-17-16-14(22(23,24)25)12-15(13-6-4-3-5-7-13)27-20(16)32-18(17)19(29-21)30-10-8-26-9-11-30/h3-7,12,26H,2,8-11H2,1H3. The highest BCUT2D eigenvalue weighted by Gasteiger charge is 2.36. The van der Waals surface area contributed by atoms with Crippen molar-refractivity contribution < 1.29 is 17.9 Å². The van der Waals surface area contributed by atoms with Crippen LogP contribution in [0.4, 0.5) is 19.0 Å². The number of piperazine rings is 1. The summed E-state index contributed by atoms with van der Waals surface area (Å²) in [5.74, 6) is 0.595. The van der Waals surface area contributed by atoms with Crippen LogP contribution in [-0.2, 0) is 6.18 Å². The summed E-state index contributed by atoms with van der Waals surface area (Å²) in [7, 11) is 0. The first-order valence-electron chi connectivity index (χ1n) is 10.3. The van der Waals surface area contributed by atoms with Gasteiger partial charge < -0.3 is 15.0 Å². The van der Waals surface area contributed by atoms with E-state index in [2.05, 4.69) is 25.2 Å². The number of hydrogen-bond donors (Lipinski definition) is 1. The van der Waals surface area contributed by atoms with Gasteiger partial charge in [-0.3, -0.25) is 0 Å². The summed E-state index contributed by atoms with van der Waals surface area (Å²) < 4.78 is 48.7. The molecule has 32 heavy (non-hydrogen) atoms. The van der Waals surface area contributed by atoms with Gasteiger partial charge in [0.2, 0.25) is 0 Å². The van der Waals surface area contributed by atoms with Gasteiger partial charge in [-0.15, -0.1) is 11.3 Å². The molecule has 10 heteroatoms. The quantitative estimate of drug-likeness (QED) is 0.476. The zero-order chi connectivity index (χ0) is 22.3. The Morgan fingerprint density at radius 1 is 1.09 bits per heavy atom. The molecule has 1 aromatic carbocycles. The van der Waals surface area contributed by atoms with E-state index in [9.17, 15) is 13.2 Å². The molecule has 1 N–H and O–H groups in total. The molecular weight excluding hydrogens is 439 g/mol. The summed E-state index contributed by atoms with van der Waals surface area (Å²) in [6, 6.07) is 10.1. The van der Waals surface area contributed by atoms with E-state index >= 15 is 0 Å². The van der Waals surface area contributed by atoms with Gasteiger partial charge in [-0.05, 0) is 13.0 Å². The smallest absolute Gasteiger partial charge is 0.417 e. The molecule has 1 aliphatic heterocycles. The maximum absolute atomic E-state index is 14.2. The molecule has 0 unspecified atom stereocenters. The number of nitrogens with one attached hydrogen (secondary N) is 1. The van der Waals surface area contributed by atoms with E-state index in [1.165, 1.54) is 11.3 Å². The van der Waals surface area contributed by atoms with Crippen molar-refractivity contribution in [1.82, 2.24) is 20.3 Å². The Bertz CT molecular complexity index is 1270. The molecular formula is C22H20F3N5OS. The first-order valence-corrected chi connectivity index (χ1v) is 11.1. The molecule has 0 spiro atoms. The van der Waals surface area contributed by atoms with Gasteiger partial charge in [0.25, 0.3) is 0 Å². The number of anilines is 1. The number of halogens is 3. The van der Waals surface area contributed by atoms with Crippen molar-refractivity contribution in [3.63, 3.8) is 0 Å². The number of aromatic nitrogens is 3. The van der Waals surface area contributed by atoms with Gasteiger partial charge in [0.15, 0.2) is 5.82 Å². The topological polar surface area (TPSA) is 63.2 Å². The SMILES string of the molecule is CCOc1nc(N2CCNCC2)c2sc3nc(-c4ccccc4)cc(C(F)(F)F)c3c2n1. The maximum atomic E-state index is 14.2. The minimum Gasteiger partial charge on any atom is -0.464 e. The van der Waals surface area contributed by atoms with Crippen LogP contribution in [0.25, 0.3) is 31.7 Å². The zero-order valence-corrected chi connectivity index (χ0v) is 18.1. The maximum Gasteiger partial charge on any atom is 0.417 e. The molecule has 0 radical (unpaired) electrons. The van der Waals surface area contributed by atoms with Crippen LogP contribution in [0.1, 0.15) is 12.5 Å². The monoisotopic (exact) mass is 459 g/mol. The van der Waals surface area contributed by atoms with Gasteiger partial charge in [-0.25, -0.2) is 4.98 Å². The molecule has 0 atom stereocenters. The fourth-order valence-corrected chi connectivity index (χ4v) is 5.02. The highest BCUT2D eigenvalue weighted by Crippen LogP contribution is 2.45. The van der Waals surface area contributed by atoms with Crippen LogP contribution >= 0.6 is 11.3 Å². The average molecular weight is 459 g/mol. The van der Waals surface area contributed by atoms with Crippen LogP contribution < -0.4 is 15.0 Å². The number of pyridine rings is 1. The van der Waals surface area contributed by atoms with E-state index in [0.29, 0.717) is 35.8 Å². The number of alkyl halides is 3. The average Bonchev–Trinajstić information content (AvgIpc) is 3.17. The van der Waals surface area contributed by atoms with Crippen molar-refractivity contribution in [3.8, 4) is 17.3 Å². The number of fused-ring (bicyclic) bond motifs is 3. The van der Waals surface area contributed by atoms with Crippen LogP contribution in [0.2, 0.25) is 0 Å². The highest BCUT2D eigenvalue weighted by atomic mass is 32.1. The van der Waals surface area contributed by atoms with E-state index < -0.39 is 11.7 Å². The molecule has 0 bridgehead atoms. The van der Waals surface area contributed by atoms with E-state index in [0.717, 1.165) is 19.2 Å². The first kappa shape index (κ1) is 20.9. The predicted molar refractivity (Wildman–Crippen MR) is 119 cm³/mol. The molecule has 1 fully saturated rings. The van der Waals surface area contributed by atoms with Gasteiger partial charge in [-0.1, -0.05) is 30.3 Å². The number of hydrogen-bond acceptors (Lipinski definition) is 7. The molecule has 6 nitrogen and oxygen atoms in total. The van der Waals surface area contributed by atoms with E-state index in [-0.39, 0.29) is 27.4 Å². The van der Waals surface area contributed by atoms with E-state index in [1.807, 2.05) is 6.07 Å². The lowest BCUT2D eigenvalue weighted by Crippen LogP contribution is -2.44. The fraction of sp³-hybridized carbons (Fsp3) is 0.318. The Morgan fingerprint density at radius 2 is 1.84 bits per heavy atom. The summed E-state index contributed by atoms with van der Waals surface area (Å²) in [6.45, 7) is 5.03. The molecule has 4 heterocycles. The summed E-state index contributed by atoms with van der Waals surface area (Å²) in [5.41, 5.74) is 0.385. The third-order valence-electron chi connectivity index (χ3n) is 5.31. The van der Waals surface area contributed by atoms with Gasteiger partial charge in [0.1, 0.15) is 10.3 Å². The predicted octanol–water partition coefficient (Wildman–Crippen LogP) is 4.73. The first-order chi connectivity index (χ1) is 15.5. The largest absolute Gasteiger partial charge is 0.464 e. The normalized spacial score (nSPS) is 14.9. The van der Waals surface area contributed by atoms with E-state index in [4.69, 9.17) is 4.74 Å². The van der Waals surface area contributed by atoms with Crippen LogP contribution in [0.3, 0.4) is 0 Å². The third-order valence-corrected chi connectivity index (χ3v) is 6.38. The van der Waals surface area contributed by atoms with Crippen LogP contribution in [0, 0.1) is 0 Å². The summed E-state index contributed by atoms with van der Waals surface area (Å²) in [5, 5.41) is 3.28. The Morgan fingerprint density at radius 3 is 2.53 bits per heavy atom. The molecule has 3 aromatic heterocycles. The lowest BCUT2D eigenvalue weighted by molar-refractivity contribution is -0.136. The van der Waals surface area contributed by atoms with Crippen molar-refractivity contribution in [1.29, 1.82) is 0 Å². The molecule has 166 valence electrons. The number of benzene rings is 1. The molecule has 0 aliphatic carbocycles. The van der Waals surface area contributed by atoms with Gasteiger partial charge >= 0.3 is 12.2 Å². The van der Waals surface area contributed by atoms with Gasteiger partial charge in [0.05, 0.1) is 28.0 Å². The Balaban J connectivity index is 1.82. The summed E-state index contributed by atoms with van der Waals surface area (Å²) in [4.78, 5) is 15.9. The Labute approximate surface area is 186 Å². The zero-order valence-electron chi connectivity index (χ0n) is 17.2. The van der Waals surface area contributed by atoms with Crippen LogP contribution in [0.15, 0.2) is 36.4 Å². The van der Waals surface area contributed by atoms with Crippen molar-refractivity contribution in [2.75, 3.05) is 37.7 Å². The van der Waals surface area contributed by atoms with Crippen molar-refractivity contribution in [2.45, 2.75) is 13.1 Å². The third kappa shape index (κ3) is 3.73. The van der Waals surface area contributed by atoms with Crippen LogP contribution in [0.5, 0.6) is 6.01 Å². The Kier molecular flexibility index (Phi) is 5.34. The second-order valence-electron chi connectivity index (χ2n) is 7.38. The minimum absolute atomic E-state index is 0.00285. The van der Waals surface area contributed by atoms with Gasteiger partial charge in [-0.2, -0.15) is 23.1 Å². The fourth-order valence-electron chi connectivity index (χ4n) is 3.87. The lowest BCUT2D eigenvalue weighted by Gasteiger charge is -2.28. The second kappa shape index (κ2) is 8.18. The summed E-state index contributed by atoms with van der Waals surface area (Å²) in [6.07, 6.45) is -4.56. The molecule has 0 saturated carbocycles. The number of ether oxygens (including phenoxy) is 1. The second-order valence-corrected chi connectivity index (χ2v) is 8.38. The number of nitrogens with zero attached hydrogens (tertiary/aromatic N) is 4. The lowest BCUT2D eigenvalue weighted by atomic mass is 10.1. The van der Waals surface area contributed by atoms with E-state index in [1.54, 1.807) is 31.2 Å². The van der Waals surface area contributed by atoms with Crippen molar-refractivity contribution in [3.05, 3.63) is 42.0 Å². The molecule has 1 saturated heterocycles. The molecule has 4 aromatic rings. The van der Waals surface area contributed by atoms with Crippen molar-refractivity contribution >= 4 is 37.6 Å². The molecule has 1 aliphatic rings. The number of thiophene rings is 1. The van der Waals surface area contributed by atoms with Crippen molar-refractivity contribution in [2.24, 2.45) is 0 Å². The Hall–Kier alpha value is -2.98.